The van der Waals surface area contributed by atoms with Gasteiger partial charge in [-0.1, -0.05) is 18.2 Å². The van der Waals surface area contributed by atoms with Crippen LogP contribution in [0.25, 0.3) is 5.57 Å². The number of hydrogen-bond acceptors (Lipinski definition) is 5. The smallest absolute Gasteiger partial charge is 0.476 e. The Morgan fingerprint density at radius 2 is 2.00 bits per heavy atom. The lowest BCUT2D eigenvalue weighted by molar-refractivity contribution is -0.336. The number of nitrogens with two attached hydrogens (primary N) is 1. The molecule has 2 rings (SSSR count). The number of allylic oxidation sites excluding steroid dienone is 4. The molecule has 1 aromatic heterocycles. The fourth-order valence-corrected chi connectivity index (χ4v) is 2.24. The van der Waals surface area contributed by atoms with Crippen molar-refractivity contribution in [3.8, 4) is 0 Å². The summed E-state index contributed by atoms with van der Waals surface area (Å²) in [6, 6.07) is 0. The molecule has 1 aliphatic rings. The second-order valence-electron chi connectivity index (χ2n) is 4.91. The first-order chi connectivity index (χ1) is 11.0. The molecule has 24 heavy (non-hydrogen) atoms. The lowest BCUT2D eigenvalue weighted by atomic mass is 10.1. The first kappa shape index (κ1) is 17.7. The minimum atomic E-state index is -3.72. The average Bonchev–Trinajstić information content (AvgIpc) is 2.74. The van der Waals surface area contributed by atoms with Crippen molar-refractivity contribution in [1.82, 2.24) is 4.98 Å². The molecule has 0 aromatic carbocycles. The largest absolute Gasteiger partial charge is 0.585 e. The van der Waals surface area contributed by atoms with Crippen LogP contribution in [0.5, 0.6) is 0 Å². The van der Waals surface area contributed by atoms with Crippen LogP contribution in [-0.4, -0.2) is 22.4 Å². The number of aromatic carboxylic acids is 1. The molecule has 128 valence electrons. The molecule has 0 spiro atoms. The fraction of sp³-hybridized carbons (Fsp3) is 0.200. The number of anilines is 1. The van der Waals surface area contributed by atoms with E-state index < -0.39 is 18.0 Å². The van der Waals surface area contributed by atoms with E-state index in [1.165, 1.54) is 19.1 Å². The van der Waals surface area contributed by atoms with Gasteiger partial charge in [-0.2, -0.15) is 0 Å². The number of aromatic nitrogens is 1. The number of nitrogens with zero attached hydrogens (tertiary/aromatic N) is 1. The minimum Gasteiger partial charge on any atom is -0.476 e. The Kier molecular flexibility index (Phi) is 4.52. The second kappa shape index (κ2) is 6.12. The molecule has 0 saturated heterocycles. The van der Waals surface area contributed by atoms with Crippen LogP contribution in [0.3, 0.4) is 0 Å². The molecule has 1 aliphatic heterocycles. The summed E-state index contributed by atoms with van der Waals surface area (Å²) in [7, 11) is 0. The summed E-state index contributed by atoms with van der Waals surface area (Å²) < 4.78 is 34.4. The van der Waals surface area contributed by atoms with Crippen LogP contribution in [0.4, 0.5) is 14.5 Å². The third kappa shape index (κ3) is 3.33. The van der Waals surface area contributed by atoms with Crippen LogP contribution in [0.2, 0.25) is 5.02 Å². The molecule has 0 aliphatic carbocycles. The van der Waals surface area contributed by atoms with Crippen molar-refractivity contribution >= 4 is 28.8 Å². The lowest BCUT2D eigenvalue weighted by Crippen LogP contribution is -2.16. The second-order valence-corrected chi connectivity index (χ2v) is 5.29. The van der Waals surface area contributed by atoms with Crippen LogP contribution < -0.4 is 5.73 Å². The van der Waals surface area contributed by atoms with Gasteiger partial charge in [0.05, 0.1) is 16.4 Å². The van der Waals surface area contributed by atoms with Crippen molar-refractivity contribution in [3.63, 3.8) is 0 Å². The zero-order valence-electron chi connectivity index (χ0n) is 12.7. The SMILES string of the molecule is C=C(/C=C\C1=C(C)OC(F)(F)O1)c1nc(C(=O)O)c(Cl)c(N)c1C. The summed E-state index contributed by atoms with van der Waals surface area (Å²) in [5.41, 5.74) is 6.23. The van der Waals surface area contributed by atoms with Crippen LogP contribution in [-0.2, 0) is 9.47 Å². The number of halogens is 3. The zero-order valence-corrected chi connectivity index (χ0v) is 13.4. The first-order valence-electron chi connectivity index (χ1n) is 6.56. The van der Waals surface area contributed by atoms with Gasteiger partial charge >= 0.3 is 12.3 Å². The van der Waals surface area contributed by atoms with Gasteiger partial charge in [0.2, 0.25) is 0 Å². The molecule has 0 saturated carbocycles. The van der Waals surface area contributed by atoms with Crippen molar-refractivity contribution in [2.24, 2.45) is 0 Å². The Morgan fingerprint density at radius 3 is 2.50 bits per heavy atom. The molecule has 0 radical (unpaired) electrons. The number of carbonyl (C=O) groups is 1. The van der Waals surface area contributed by atoms with Gasteiger partial charge in [0.1, 0.15) is 5.76 Å². The van der Waals surface area contributed by atoms with Gasteiger partial charge in [0.15, 0.2) is 11.5 Å². The standard InChI is InChI=1S/C15H13ClF2N2O4/c1-6(4-5-9-8(3)23-15(17,18)24-9)12-7(2)11(19)10(16)13(20-12)14(21)22/h4-5H,1H2,2-3H3,(H2,19,20)(H,21,22)/b5-4-. The average molecular weight is 359 g/mol. The maximum absolute atomic E-state index is 12.9. The number of rotatable bonds is 4. The van der Waals surface area contributed by atoms with Gasteiger partial charge in [0.25, 0.3) is 0 Å². The number of pyridine rings is 1. The molecule has 0 unspecified atom stereocenters. The summed E-state index contributed by atoms with van der Waals surface area (Å²) in [4.78, 5) is 15.1. The molecular weight excluding hydrogens is 346 g/mol. The fourth-order valence-electron chi connectivity index (χ4n) is 1.97. The third-order valence-electron chi connectivity index (χ3n) is 3.22. The van der Waals surface area contributed by atoms with Gasteiger partial charge in [-0.3, -0.25) is 0 Å². The number of ether oxygens (including phenoxy) is 2. The molecule has 3 N–H and O–H groups in total. The van der Waals surface area contributed by atoms with E-state index in [0.29, 0.717) is 5.56 Å². The van der Waals surface area contributed by atoms with Gasteiger partial charge in [-0.05, 0) is 37.1 Å². The Bertz CT molecular complexity index is 803. The summed E-state index contributed by atoms with van der Waals surface area (Å²) in [5, 5.41) is 8.93. The normalized spacial score (nSPS) is 16.2. The van der Waals surface area contributed by atoms with E-state index in [-0.39, 0.29) is 33.5 Å². The summed E-state index contributed by atoms with van der Waals surface area (Å²) in [6.45, 7) is 6.63. The van der Waals surface area contributed by atoms with Crippen molar-refractivity contribution in [2.75, 3.05) is 5.73 Å². The van der Waals surface area contributed by atoms with Crippen molar-refractivity contribution in [2.45, 2.75) is 20.1 Å². The van der Waals surface area contributed by atoms with Crippen LogP contribution in [0, 0.1) is 6.92 Å². The van der Waals surface area contributed by atoms with Crippen molar-refractivity contribution < 1.29 is 28.2 Å². The zero-order chi connectivity index (χ0) is 18.2. The molecule has 9 heteroatoms. The Balaban J connectivity index is 2.36. The molecular formula is C15H13ClF2N2O4. The van der Waals surface area contributed by atoms with Crippen LogP contribution in [0.15, 0.2) is 30.2 Å². The Morgan fingerprint density at radius 1 is 1.38 bits per heavy atom. The monoisotopic (exact) mass is 358 g/mol. The number of alkyl halides is 2. The van der Waals surface area contributed by atoms with Crippen molar-refractivity contribution in [3.05, 3.63) is 52.2 Å². The number of hydrogen-bond donors (Lipinski definition) is 2. The molecule has 1 aromatic rings. The van der Waals surface area contributed by atoms with Gasteiger partial charge in [0, 0.05) is 0 Å². The Hall–Kier alpha value is -2.61. The highest BCUT2D eigenvalue weighted by atomic mass is 35.5. The summed E-state index contributed by atoms with van der Waals surface area (Å²) >= 11 is 5.86. The van der Waals surface area contributed by atoms with E-state index in [0.717, 1.165) is 0 Å². The number of carboxylic acids is 1. The van der Waals surface area contributed by atoms with Crippen molar-refractivity contribution in [1.29, 1.82) is 0 Å². The highest BCUT2D eigenvalue weighted by Crippen LogP contribution is 2.35. The van der Waals surface area contributed by atoms with Crippen LogP contribution >= 0.6 is 11.6 Å². The molecule has 2 heterocycles. The van der Waals surface area contributed by atoms with E-state index in [9.17, 15) is 13.6 Å². The van der Waals surface area contributed by atoms with Crippen LogP contribution in [0.1, 0.15) is 28.7 Å². The Labute approximate surface area is 140 Å². The molecule has 6 nitrogen and oxygen atoms in total. The predicted molar refractivity (Wildman–Crippen MR) is 83.3 cm³/mol. The third-order valence-corrected chi connectivity index (χ3v) is 3.60. The topological polar surface area (TPSA) is 94.7 Å². The van der Waals surface area contributed by atoms with Gasteiger partial charge in [-0.25, -0.2) is 9.78 Å². The maximum Gasteiger partial charge on any atom is 0.585 e. The van der Waals surface area contributed by atoms with E-state index in [4.69, 9.17) is 22.4 Å². The molecule has 0 amide bonds. The molecule has 0 atom stereocenters. The van der Waals surface area contributed by atoms with E-state index in [2.05, 4.69) is 21.0 Å². The number of nitrogen functional groups attached to an aromatic ring is 1. The molecule has 0 bridgehead atoms. The van der Waals surface area contributed by atoms with Gasteiger partial charge in [-0.15, -0.1) is 8.78 Å². The first-order valence-corrected chi connectivity index (χ1v) is 6.94. The summed E-state index contributed by atoms with van der Waals surface area (Å²) in [5.74, 6) is -1.63. The quantitative estimate of drug-likeness (QED) is 0.796. The maximum atomic E-state index is 12.9. The highest BCUT2D eigenvalue weighted by molar-refractivity contribution is 6.35. The predicted octanol–water partition coefficient (Wildman–Crippen LogP) is 3.72. The van der Waals surface area contributed by atoms with E-state index in [1.807, 2.05) is 0 Å². The summed E-state index contributed by atoms with van der Waals surface area (Å²) in [6.07, 6.45) is -1.18. The lowest BCUT2D eigenvalue weighted by Gasteiger charge is -2.11. The van der Waals surface area contributed by atoms with E-state index in [1.54, 1.807) is 6.92 Å². The molecule has 0 fully saturated rings. The highest BCUT2D eigenvalue weighted by Gasteiger charge is 2.42. The minimum absolute atomic E-state index is 0.0518. The number of carboxylic acid groups (broad SMARTS) is 1. The van der Waals surface area contributed by atoms with Gasteiger partial charge < -0.3 is 20.3 Å². The van der Waals surface area contributed by atoms with E-state index >= 15 is 0 Å².